The first-order valence-corrected chi connectivity index (χ1v) is 7.29. The van der Waals surface area contributed by atoms with E-state index < -0.39 is 0 Å². The van der Waals surface area contributed by atoms with Crippen molar-refractivity contribution in [3.8, 4) is 5.75 Å². The van der Waals surface area contributed by atoms with Crippen molar-refractivity contribution in [3.05, 3.63) is 63.6 Å². The monoisotopic (exact) mass is 317 g/mol. The van der Waals surface area contributed by atoms with Crippen molar-refractivity contribution >= 4 is 15.9 Å². The highest BCUT2D eigenvalue weighted by molar-refractivity contribution is 9.10. The number of hydrogen-bond donors (Lipinski definition) is 2. The molecule has 2 N–H and O–H groups in total. The Kier molecular flexibility index (Phi) is 3.58. The third-order valence-corrected chi connectivity index (χ3v) is 4.29. The highest BCUT2D eigenvalue weighted by Gasteiger charge is 2.20. The average Bonchev–Trinajstić information content (AvgIpc) is 2.83. The largest absolute Gasteiger partial charge is 0.507 e. The van der Waals surface area contributed by atoms with Crippen LogP contribution in [0.15, 0.2) is 46.9 Å². The van der Waals surface area contributed by atoms with Crippen LogP contribution in [0.3, 0.4) is 0 Å². The first kappa shape index (κ1) is 12.7. The lowest BCUT2D eigenvalue weighted by Crippen LogP contribution is -2.28. The number of aromatic hydroxyl groups is 1. The fraction of sp³-hybridized carbons (Fsp3) is 0.250. The molecule has 0 radical (unpaired) electrons. The molecular weight excluding hydrogens is 302 g/mol. The molecule has 98 valence electrons. The van der Waals surface area contributed by atoms with Crippen LogP contribution in [0.1, 0.15) is 16.7 Å². The Hall–Kier alpha value is -1.32. The van der Waals surface area contributed by atoms with E-state index in [4.69, 9.17) is 0 Å². The molecule has 0 saturated carbocycles. The molecule has 0 saturated heterocycles. The first-order valence-electron chi connectivity index (χ1n) is 6.50. The summed E-state index contributed by atoms with van der Waals surface area (Å²) in [5.41, 5.74) is 4.11. The summed E-state index contributed by atoms with van der Waals surface area (Å²) in [4.78, 5) is 0. The summed E-state index contributed by atoms with van der Waals surface area (Å²) in [6.45, 7) is 0.831. The fourth-order valence-corrected chi connectivity index (χ4v) is 3.05. The van der Waals surface area contributed by atoms with E-state index in [0.717, 1.165) is 23.9 Å². The summed E-state index contributed by atoms with van der Waals surface area (Å²) in [6, 6.07) is 14.8. The number of halogens is 1. The number of fused-ring (bicyclic) bond motifs is 1. The van der Waals surface area contributed by atoms with Crippen molar-refractivity contribution in [2.24, 2.45) is 0 Å². The highest BCUT2D eigenvalue weighted by atomic mass is 79.9. The van der Waals surface area contributed by atoms with Crippen molar-refractivity contribution < 1.29 is 5.11 Å². The van der Waals surface area contributed by atoms with Gasteiger partial charge in [0.15, 0.2) is 0 Å². The first-order chi connectivity index (χ1) is 9.22. The van der Waals surface area contributed by atoms with Gasteiger partial charge in [-0.2, -0.15) is 0 Å². The summed E-state index contributed by atoms with van der Waals surface area (Å²) < 4.78 is 0.751. The van der Waals surface area contributed by atoms with Gasteiger partial charge in [0.1, 0.15) is 5.75 Å². The molecule has 3 rings (SSSR count). The van der Waals surface area contributed by atoms with Crippen LogP contribution in [0.4, 0.5) is 0 Å². The van der Waals surface area contributed by atoms with Gasteiger partial charge in [-0.05, 0) is 57.6 Å². The van der Waals surface area contributed by atoms with Crippen LogP contribution in [-0.4, -0.2) is 11.1 Å². The number of phenols is 1. The van der Waals surface area contributed by atoms with Gasteiger partial charge in [0.05, 0.1) is 4.47 Å². The predicted octanol–water partition coefficient (Wildman–Crippen LogP) is 3.41. The molecule has 1 aliphatic rings. The lowest BCUT2D eigenvalue weighted by molar-refractivity contribution is 0.471. The summed E-state index contributed by atoms with van der Waals surface area (Å²) >= 11 is 3.35. The lowest BCUT2D eigenvalue weighted by Gasteiger charge is -2.12. The van der Waals surface area contributed by atoms with Gasteiger partial charge in [0.25, 0.3) is 0 Å². The Balaban J connectivity index is 1.61. The van der Waals surface area contributed by atoms with E-state index >= 15 is 0 Å². The second-order valence-electron chi connectivity index (χ2n) is 5.04. The van der Waals surface area contributed by atoms with Crippen LogP contribution < -0.4 is 5.32 Å². The van der Waals surface area contributed by atoms with E-state index in [0.29, 0.717) is 6.04 Å². The van der Waals surface area contributed by atoms with Crippen molar-refractivity contribution in [1.82, 2.24) is 5.32 Å². The van der Waals surface area contributed by atoms with Crippen molar-refractivity contribution in [2.45, 2.75) is 25.4 Å². The highest BCUT2D eigenvalue weighted by Crippen LogP contribution is 2.25. The molecule has 0 spiro atoms. The second kappa shape index (κ2) is 5.35. The van der Waals surface area contributed by atoms with Crippen molar-refractivity contribution in [2.75, 3.05) is 0 Å². The third kappa shape index (κ3) is 2.82. The lowest BCUT2D eigenvalue weighted by atomic mass is 10.1. The third-order valence-electron chi connectivity index (χ3n) is 3.66. The Morgan fingerprint density at radius 1 is 1.11 bits per heavy atom. The minimum Gasteiger partial charge on any atom is -0.507 e. The van der Waals surface area contributed by atoms with Gasteiger partial charge >= 0.3 is 0 Å². The molecule has 0 aromatic heterocycles. The molecule has 3 heteroatoms. The molecule has 19 heavy (non-hydrogen) atoms. The molecule has 0 aliphatic heterocycles. The van der Waals surface area contributed by atoms with Crippen LogP contribution in [-0.2, 0) is 19.4 Å². The number of phenolic OH excluding ortho intramolecular Hbond substituents is 1. The molecule has 0 bridgehead atoms. The Morgan fingerprint density at radius 3 is 2.42 bits per heavy atom. The van der Waals surface area contributed by atoms with Crippen LogP contribution in [0, 0.1) is 0 Å². The number of rotatable bonds is 3. The topological polar surface area (TPSA) is 32.3 Å². The van der Waals surface area contributed by atoms with Gasteiger partial charge in [-0.3, -0.25) is 0 Å². The van der Waals surface area contributed by atoms with Gasteiger partial charge in [-0.15, -0.1) is 0 Å². The zero-order valence-electron chi connectivity index (χ0n) is 10.6. The van der Waals surface area contributed by atoms with E-state index in [2.05, 4.69) is 45.5 Å². The summed E-state index contributed by atoms with van der Waals surface area (Å²) in [7, 11) is 0. The van der Waals surface area contributed by atoms with Crippen LogP contribution >= 0.6 is 15.9 Å². The molecule has 0 heterocycles. The minimum atomic E-state index is 0.289. The standard InChI is InChI=1S/C16H16BrNO/c17-15-7-11(5-6-16(15)19)10-18-14-8-12-3-1-2-4-13(12)9-14/h1-7,14,18-19H,8-10H2. The van der Waals surface area contributed by atoms with Gasteiger partial charge in [0, 0.05) is 12.6 Å². The summed E-state index contributed by atoms with van der Waals surface area (Å²) in [5.74, 6) is 0.289. The predicted molar refractivity (Wildman–Crippen MR) is 80.3 cm³/mol. The molecule has 2 nitrogen and oxygen atoms in total. The molecule has 2 aromatic rings. The quantitative estimate of drug-likeness (QED) is 0.909. The Morgan fingerprint density at radius 2 is 1.79 bits per heavy atom. The van der Waals surface area contributed by atoms with E-state index in [-0.39, 0.29) is 5.75 Å². The molecule has 1 aliphatic carbocycles. The summed E-state index contributed by atoms with van der Waals surface area (Å²) in [6.07, 6.45) is 2.21. The van der Waals surface area contributed by atoms with E-state index in [1.807, 2.05) is 12.1 Å². The zero-order chi connectivity index (χ0) is 13.2. The smallest absolute Gasteiger partial charge is 0.129 e. The van der Waals surface area contributed by atoms with E-state index in [9.17, 15) is 5.11 Å². The Labute approximate surface area is 121 Å². The van der Waals surface area contributed by atoms with E-state index in [1.54, 1.807) is 6.07 Å². The van der Waals surface area contributed by atoms with Crippen molar-refractivity contribution in [1.29, 1.82) is 0 Å². The SMILES string of the molecule is Oc1ccc(CNC2Cc3ccccc3C2)cc1Br. The number of benzene rings is 2. The van der Waals surface area contributed by atoms with Gasteiger partial charge in [0.2, 0.25) is 0 Å². The maximum Gasteiger partial charge on any atom is 0.129 e. The zero-order valence-corrected chi connectivity index (χ0v) is 12.2. The van der Waals surface area contributed by atoms with Crippen LogP contribution in [0.2, 0.25) is 0 Å². The van der Waals surface area contributed by atoms with Gasteiger partial charge in [-0.25, -0.2) is 0 Å². The molecular formula is C16H16BrNO. The average molecular weight is 318 g/mol. The summed E-state index contributed by atoms with van der Waals surface area (Å²) in [5, 5.41) is 13.1. The fourth-order valence-electron chi connectivity index (χ4n) is 2.63. The molecule has 0 amide bonds. The molecule has 0 unspecified atom stereocenters. The molecule has 0 atom stereocenters. The maximum absolute atomic E-state index is 9.47. The Bertz CT molecular complexity index is 572. The minimum absolute atomic E-state index is 0.289. The van der Waals surface area contributed by atoms with Gasteiger partial charge in [-0.1, -0.05) is 30.3 Å². The normalized spacial score (nSPS) is 14.6. The van der Waals surface area contributed by atoms with Crippen LogP contribution in [0.5, 0.6) is 5.75 Å². The van der Waals surface area contributed by atoms with Gasteiger partial charge < -0.3 is 10.4 Å². The van der Waals surface area contributed by atoms with E-state index in [1.165, 1.54) is 16.7 Å². The maximum atomic E-state index is 9.47. The number of nitrogens with one attached hydrogen (secondary N) is 1. The number of hydrogen-bond acceptors (Lipinski definition) is 2. The second-order valence-corrected chi connectivity index (χ2v) is 5.89. The van der Waals surface area contributed by atoms with Crippen molar-refractivity contribution in [3.63, 3.8) is 0 Å². The molecule has 0 fully saturated rings. The molecule has 2 aromatic carbocycles. The van der Waals surface area contributed by atoms with Crippen LogP contribution in [0.25, 0.3) is 0 Å².